The van der Waals surface area contributed by atoms with Crippen LogP contribution in [0, 0.1) is 12.7 Å². The second-order valence-corrected chi connectivity index (χ2v) is 4.37. The summed E-state index contributed by atoms with van der Waals surface area (Å²) >= 11 is 0. The topological polar surface area (TPSA) is 35.2 Å². The molecule has 0 amide bonds. The molecule has 2 aromatic rings. The van der Waals surface area contributed by atoms with Crippen molar-refractivity contribution in [2.75, 3.05) is 0 Å². The molecule has 3 heteroatoms. The van der Waals surface area contributed by atoms with Crippen molar-refractivity contribution in [1.82, 2.24) is 0 Å². The van der Waals surface area contributed by atoms with Gasteiger partial charge in [-0.25, -0.2) is 4.39 Å². The van der Waals surface area contributed by atoms with Crippen LogP contribution in [0.3, 0.4) is 0 Å². The Bertz CT molecular complexity index is 535. The van der Waals surface area contributed by atoms with Gasteiger partial charge in [-0.05, 0) is 55.3 Å². The summed E-state index contributed by atoms with van der Waals surface area (Å²) in [5.41, 5.74) is 7.60. The molecule has 0 spiro atoms. The highest BCUT2D eigenvalue weighted by Crippen LogP contribution is 2.26. The monoisotopic (exact) mass is 245 g/mol. The van der Waals surface area contributed by atoms with Crippen molar-refractivity contribution in [3.63, 3.8) is 0 Å². The van der Waals surface area contributed by atoms with Gasteiger partial charge in [0, 0.05) is 6.04 Å². The fourth-order valence-electron chi connectivity index (χ4n) is 1.69. The highest BCUT2D eigenvalue weighted by atomic mass is 19.1. The Hall–Kier alpha value is -1.87. The SMILES string of the molecule is Cc1cc(F)ccc1Oc1ccc(C(C)N)cc1. The minimum absolute atomic E-state index is 0.00612. The molecule has 0 bridgehead atoms. The molecule has 0 aromatic heterocycles. The molecule has 0 heterocycles. The molecule has 2 nitrogen and oxygen atoms in total. The molecule has 2 rings (SSSR count). The molecule has 0 radical (unpaired) electrons. The molecule has 2 aromatic carbocycles. The van der Waals surface area contributed by atoms with Crippen LogP contribution in [0.25, 0.3) is 0 Å². The summed E-state index contributed by atoms with van der Waals surface area (Å²) in [7, 11) is 0. The molecule has 0 aliphatic carbocycles. The predicted molar refractivity (Wildman–Crippen MR) is 70.3 cm³/mol. The maximum atomic E-state index is 13.0. The first-order valence-corrected chi connectivity index (χ1v) is 5.86. The van der Waals surface area contributed by atoms with Crippen molar-refractivity contribution in [1.29, 1.82) is 0 Å². The molecule has 0 aliphatic rings. The first kappa shape index (κ1) is 12.6. The lowest BCUT2D eigenvalue weighted by Gasteiger charge is -2.10. The second kappa shape index (κ2) is 5.19. The van der Waals surface area contributed by atoms with E-state index in [0.29, 0.717) is 11.5 Å². The lowest BCUT2D eigenvalue weighted by molar-refractivity contribution is 0.476. The van der Waals surface area contributed by atoms with E-state index in [1.54, 1.807) is 6.07 Å². The van der Waals surface area contributed by atoms with Crippen LogP contribution in [-0.4, -0.2) is 0 Å². The molecule has 1 unspecified atom stereocenters. The molecule has 0 fully saturated rings. The summed E-state index contributed by atoms with van der Waals surface area (Å²) in [6.45, 7) is 3.74. The number of nitrogens with two attached hydrogens (primary N) is 1. The number of benzene rings is 2. The third kappa shape index (κ3) is 2.87. The minimum Gasteiger partial charge on any atom is -0.457 e. The van der Waals surface area contributed by atoms with Crippen LogP contribution in [0.1, 0.15) is 24.1 Å². The number of ether oxygens (including phenoxy) is 1. The van der Waals surface area contributed by atoms with E-state index in [9.17, 15) is 4.39 Å². The molecule has 0 saturated heterocycles. The maximum Gasteiger partial charge on any atom is 0.130 e. The van der Waals surface area contributed by atoms with Gasteiger partial charge in [0.1, 0.15) is 17.3 Å². The zero-order valence-electron chi connectivity index (χ0n) is 10.5. The normalized spacial score (nSPS) is 12.2. The fourth-order valence-corrected chi connectivity index (χ4v) is 1.69. The standard InChI is InChI=1S/C15H16FNO/c1-10-9-13(16)5-8-15(10)18-14-6-3-12(4-7-14)11(2)17/h3-9,11H,17H2,1-2H3. The molecule has 18 heavy (non-hydrogen) atoms. The van der Waals surface area contributed by atoms with Crippen molar-refractivity contribution in [3.05, 3.63) is 59.4 Å². The van der Waals surface area contributed by atoms with E-state index < -0.39 is 0 Å². The van der Waals surface area contributed by atoms with Gasteiger partial charge >= 0.3 is 0 Å². The highest BCUT2D eigenvalue weighted by Gasteiger charge is 2.04. The van der Waals surface area contributed by atoms with Crippen molar-refractivity contribution in [3.8, 4) is 11.5 Å². The van der Waals surface area contributed by atoms with Crippen LogP contribution in [-0.2, 0) is 0 Å². The average molecular weight is 245 g/mol. The van der Waals surface area contributed by atoms with E-state index in [0.717, 1.165) is 11.1 Å². The fraction of sp³-hybridized carbons (Fsp3) is 0.200. The van der Waals surface area contributed by atoms with Crippen LogP contribution in [0.2, 0.25) is 0 Å². The van der Waals surface area contributed by atoms with E-state index in [1.165, 1.54) is 12.1 Å². The lowest BCUT2D eigenvalue weighted by atomic mass is 10.1. The Morgan fingerprint density at radius 2 is 1.78 bits per heavy atom. The zero-order chi connectivity index (χ0) is 13.1. The van der Waals surface area contributed by atoms with Gasteiger partial charge in [-0.15, -0.1) is 0 Å². The number of hydrogen-bond acceptors (Lipinski definition) is 2. The van der Waals surface area contributed by atoms with E-state index >= 15 is 0 Å². The Morgan fingerprint density at radius 1 is 1.11 bits per heavy atom. The molecule has 94 valence electrons. The summed E-state index contributed by atoms with van der Waals surface area (Å²) in [5.74, 6) is 1.12. The van der Waals surface area contributed by atoms with Gasteiger partial charge in [0.05, 0.1) is 0 Å². The maximum absolute atomic E-state index is 13.0. The van der Waals surface area contributed by atoms with Gasteiger partial charge in [0.2, 0.25) is 0 Å². The first-order valence-electron chi connectivity index (χ1n) is 5.86. The summed E-state index contributed by atoms with van der Waals surface area (Å²) in [6.07, 6.45) is 0. The van der Waals surface area contributed by atoms with Crippen LogP contribution in [0.4, 0.5) is 4.39 Å². The van der Waals surface area contributed by atoms with Crippen LogP contribution in [0.15, 0.2) is 42.5 Å². The summed E-state index contributed by atoms with van der Waals surface area (Å²) in [4.78, 5) is 0. The Kier molecular flexibility index (Phi) is 3.63. The van der Waals surface area contributed by atoms with E-state index in [-0.39, 0.29) is 11.9 Å². The molecule has 1 atom stereocenters. The molecular weight excluding hydrogens is 229 g/mol. The zero-order valence-corrected chi connectivity index (χ0v) is 10.5. The lowest BCUT2D eigenvalue weighted by Crippen LogP contribution is -2.04. The van der Waals surface area contributed by atoms with Gasteiger partial charge < -0.3 is 10.5 Å². The Balaban J connectivity index is 2.18. The number of halogens is 1. The number of aryl methyl sites for hydroxylation is 1. The third-order valence-corrected chi connectivity index (χ3v) is 2.77. The number of hydrogen-bond donors (Lipinski definition) is 1. The molecule has 2 N–H and O–H groups in total. The van der Waals surface area contributed by atoms with Crippen molar-refractivity contribution < 1.29 is 9.13 Å². The summed E-state index contributed by atoms with van der Waals surface area (Å²) in [6, 6.07) is 12.1. The largest absolute Gasteiger partial charge is 0.457 e. The van der Waals surface area contributed by atoms with Crippen LogP contribution in [0.5, 0.6) is 11.5 Å². The predicted octanol–water partition coefficient (Wildman–Crippen LogP) is 3.95. The second-order valence-electron chi connectivity index (χ2n) is 4.37. The van der Waals surface area contributed by atoms with Gasteiger partial charge in [-0.3, -0.25) is 0 Å². The van der Waals surface area contributed by atoms with Crippen LogP contribution < -0.4 is 10.5 Å². The van der Waals surface area contributed by atoms with E-state index in [4.69, 9.17) is 10.5 Å². The van der Waals surface area contributed by atoms with E-state index in [2.05, 4.69) is 0 Å². The minimum atomic E-state index is -0.257. The van der Waals surface area contributed by atoms with Crippen LogP contribution >= 0.6 is 0 Å². The number of rotatable bonds is 3. The van der Waals surface area contributed by atoms with Crippen molar-refractivity contribution in [2.45, 2.75) is 19.9 Å². The van der Waals surface area contributed by atoms with E-state index in [1.807, 2.05) is 38.1 Å². The quantitative estimate of drug-likeness (QED) is 0.888. The van der Waals surface area contributed by atoms with Gasteiger partial charge in [0.15, 0.2) is 0 Å². The average Bonchev–Trinajstić information content (AvgIpc) is 2.33. The molecular formula is C15H16FNO. The summed E-state index contributed by atoms with van der Waals surface area (Å²) in [5, 5.41) is 0. The van der Waals surface area contributed by atoms with Gasteiger partial charge in [-0.2, -0.15) is 0 Å². The first-order chi connectivity index (χ1) is 8.56. The molecule has 0 saturated carbocycles. The van der Waals surface area contributed by atoms with Gasteiger partial charge in [-0.1, -0.05) is 12.1 Å². The molecule has 0 aliphatic heterocycles. The van der Waals surface area contributed by atoms with Crippen molar-refractivity contribution >= 4 is 0 Å². The Labute approximate surface area is 106 Å². The third-order valence-electron chi connectivity index (χ3n) is 2.77. The Morgan fingerprint density at radius 3 is 2.33 bits per heavy atom. The summed E-state index contributed by atoms with van der Waals surface area (Å²) < 4.78 is 18.6. The highest BCUT2D eigenvalue weighted by molar-refractivity contribution is 5.38. The van der Waals surface area contributed by atoms with Gasteiger partial charge in [0.25, 0.3) is 0 Å². The smallest absolute Gasteiger partial charge is 0.130 e. The van der Waals surface area contributed by atoms with Crippen molar-refractivity contribution in [2.24, 2.45) is 5.73 Å².